The molecule has 0 aliphatic carbocycles. The second kappa shape index (κ2) is 7.06. The van der Waals surface area contributed by atoms with Gasteiger partial charge in [0, 0.05) is 17.5 Å². The van der Waals surface area contributed by atoms with Gasteiger partial charge in [-0.05, 0) is 36.9 Å². The van der Waals surface area contributed by atoms with Gasteiger partial charge in [-0.15, -0.1) is 11.3 Å². The molecular weight excluding hydrogens is 266 g/mol. The van der Waals surface area contributed by atoms with Crippen LogP contribution in [-0.4, -0.2) is 17.4 Å². The first-order chi connectivity index (χ1) is 9.69. The maximum Gasteiger partial charge on any atom is 0.246 e. The van der Waals surface area contributed by atoms with Crippen LogP contribution in [0.15, 0.2) is 47.9 Å². The van der Waals surface area contributed by atoms with Crippen LogP contribution < -0.4 is 0 Å². The normalized spacial score (nSPS) is 10.9. The molecule has 1 amide bonds. The highest BCUT2D eigenvalue weighted by Crippen LogP contribution is 2.12. The molecule has 0 saturated carbocycles. The van der Waals surface area contributed by atoms with Gasteiger partial charge in [-0.1, -0.05) is 35.9 Å². The Bertz CT molecular complexity index is 570. The van der Waals surface area contributed by atoms with E-state index in [4.69, 9.17) is 0 Å². The molecule has 0 aliphatic rings. The number of benzene rings is 1. The summed E-state index contributed by atoms with van der Waals surface area (Å²) >= 11 is 1.68. The van der Waals surface area contributed by atoms with Crippen molar-refractivity contribution in [2.75, 3.05) is 6.54 Å². The predicted molar refractivity (Wildman–Crippen MR) is 85.6 cm³/mol. The summed E-state index contributed by atoms with van der Waals surface area (Å²) in [6.45, 7) is 5.46. The zero-order valence-corrected chi connectivity index (χ0v) is 12.7. The number of nitrogens with zero attached hydrogens (tertiary/aromatic N) is 1. The molecule has 0 radical (unpaired) electrons. The first-order valence-corrected chi connectivity index (χ1v) is 7.63. The van der Waals surface area contributed by atoms with Gasteiger partial charge in [-0.3, -0.25) is 4.79 Å². The standard InChI is InChI=1S/C17H19NOS/c1-3-18(13-16-5-4-12-20-16)17(19)11-10-15-8-6-14(2)7-9-15/h4-12H,3,13H2,1-2H3/b11-10+. The summed E-state index contributed by atoms with van der Waals surface area (Å²) in [4.78, 5) is 15.2. The molecule has 1 heterocycles. The molecule has 2 rings (SSSR count). The summed E-state index contributed by atoms with van der Waals surface area (Å²) in [5.74, 6) is 0.0569. The Morgan fingerprint density at radius 2 is 2.00 bits per heavy atom. The monoisotopic (exact) mass is 285 g/mol. The van der Waals surface area contributed by atoms with Crippen molar-refractivity contribution in [3.8, 4) is 0 Å². The van der Waals surface area contributed by atoms with Crippen LogP contribution in [0.4, 0.5) is 0 Å². The SMILES string of the molecule is CCN(Cc1cccs1)C(=O)/C=C/c1ccc(C)cc1. The van der Waals surface area contributed by atoms with Crippen molar-refractivity contribution in [1.82, 2.24) is 4.90 Å². The predicted octanol–water partition coefficient (Wildman–Crippen LogP) is 4.12. The van der Waals surface area contributed by atoms with E-state index in [0.29, 0.717) is 6.54 Å². The van der Waals surface area contributed by atoms with E-state index < -0.39 is 0 Å². The third-order valence-corrected chi connectivity index (χ3v) is 3.98. The van der Waals surface area contributed by atoms with Crippen molar-refractivity contribution in [3.05, 3.63) is 63.9 Å². The van der Waals surface area contributed by atoms with Gasteiger partial charge in [-0.25, -0.2) is 0 Å². The lowest BCUT2D eigenvalue weighted by atomic mass is 10.1. The number of thiophene rings is 1. The highest BCUT2D eigenvalue weighted by molar-refractivity contribution is 7.09. The van der Waals surface area contributed by atoms with Crippen LogP contribution in [0, 0.1) is 6.92 Å². The molecule has 104 valence electrons. The Kier molecular flexibility index (Phi) is 5.13. The van der Waals surface area contributed by atoms with Crippen LogP contribution in [0.5, 0.6) is 0 Å². The second-order valence-electron chi connectivity index (χ2n) is 4.68. The average molecular weight is 285 g/mol. The molecule has 3 heteroatoms. The van der Waals surface area contributed by atoms with Gasteiger partial charge < -0.3 is 4.90 Å². The fourth-order valence-electron chi connectivity index (χ4n) is 1.89. The van der Waals surface area contributed by atoms with Gasteiger partial charge in [0.05, 0.1) is 6.54 Å². The molecule has 2 nitrogen and oxygen atoms in total. The topological polar surface area (TPSA) is 20.3 Å². The van der Waals surface area contributed by atoms with E-state index in [-0.39, 0.29) is 5.91 Å². The third-order valence-electron chi connectivity index (χ3n) is 3.12. The van der Waals surface area contributed by atoms with E-state index in [2.05, 4.69) is 13.0 Å². The van der Waals surface area contributed by atoms with E-state index in [1.807, 2.05) is 53.6 Å². The van der Waals surface area contributed by atoms with Crippen LogP contribution in [-0.2, 0) is 11.3 Å². The molecule has 0 atom stereocenters. The Labute approximate surface area is 124 Å². The summed E-state index contributed by atoms with van der Waals surface area (Å²) in [5.41, 5.74) is 2.28. The Hall–Kier alpha value is -1.87. The molecule has 1 aromatic heterocycles. The van der Waals surface area contributed by atoms with Gasteiger partial charge in [0.2, 0.25) is 5.91 Å². The van der Waals surface area contributed by atoms with Crippen molar-refractivity contribution < 1.29 is 4.79 Å². The Morgan fingerprint density at radius 1 is 1.25 bits per heavy atom. The summed E-state index contributed by atoms with van der Waals surface area (Å²) < 4.78 is 0. The first-order valence-electron chi connectivity index (χ1n) is 6.75. The molecule has 0 aliphatic heterocycles. The zero-order valence-electron chi connectivity index (χ0n) is 11.9. The van der Waals surface area contributed by atoms with Crippen LogP contribution >= 0.6 is 11.3 Å². The molecule has 2 aromatic rings. The van der Waals surface area contributed by atoms with E-state index in [9.17, 15) is 4.79 Å². The fourth-order valence-corrected chi connectivity index (χ4v) is 2.61. The molecule has 0 fully saturated rings. The van der Waals surface area contributed by atoms with E-state index in [0.717, 1.165) is 12.1 Å². The van der Waals surface area contributed by atoms with Crippen molar-refractivity contribution in [2.45, 2.75) is 20.4 Å². The molecule has 0 spiro atoms. The summed E-state index contributed by atoms with van der Waals surface area (Å²) in [5, 5.41) is 2.04. The number of carbonyl (C=O) groups excluding carboxylic acids is 1. The average Bonchev–Trinajstić information content (AvgIpc) is 2.97. The van der Waals surface area contributed by atoms with Gasteiger partial charge in [0.1, 0.15) is 0 Å². The quantitative estimate of drug-likeness (QED) is 0.757. The van der Waals surface area contributed by atoms with E-state index >= 15 is 0 Å². The molecule has 20 heavy (non-hydrogen) atoms. The largest absolute Gasteiger partial charge is 0.334 e. The number of likely N-dealkylation sites (N-methyl/N-ethyl adjacent to an activating group) is 1. The number of aryl methyl sites for hydroxylation is 1. The molecule has 0 N–H and O–H groups in total. The number of amides is 1. The van der Waals surface area contributed by atoms with E-state index in [1.165, 1.54) is 10.4 Å². The lowest BCUT2D eigenvalue weighted by Crippen LogP contribution is -2.28. The maximum absolute atomic E-state index is 12.2. The summed E-state index contributed by atoms with van der Waals surface area (Å²) in [6, 6.07) is 12.2. The number of carbonyl (C=O) groups is 1. The van der Waals surface area contributed by atoms with Crippen molar-refractivity contribution in [3.63, 3.8) is 0 Å². The summed E-state index contributed by atoms with van der Waals surface area (Å²) in [6.07, 6.45) is 3.53. The molecule has 1 aromatic carbocycles. The number of hydrogen-bond acceptors (Lipinski definition) is 2. The third kappa shape index (κ3) is 4.07. The molecule has 0 bridgehead atoms. The van der Waals surface area contributed by atoms with Gasteiger partial charge in [0.25, 0.3) is 0 Å². The molecule has 0 saturated heterocycles. The minimum atomic E-state index is 0.0569. The Morgan fingerprint density at radius 3 is 2.60 bits per heavy atom. The van der Waals surface area contributed by atoms with Crippen LogP contribution in [0.3, 0.4) is 0 Å². The van der Waals surface area contributed by atoms with E-state index in [1.54, 1.807) is 17.4 Å². The Balaban J connectivity index is 2.00. The summed E-state index contributed by atoms with van der Waals surface area (Å²) in [7, 11) is 0. The minimum absolute atomic E-state index is 0.0569. The van der Waals surface area contributed by atoms with Gasteiger partial charge >= 0.3 is 0 Å². The second-order valence-corrected chi connectivity index (χ2v) is 5.71. The van der Waals surface area contributed by atoms with Crippen LogP contribution in [0.2, 0.25) is 0 Å². The van der Waals surface area contributed by atoms with Gasteiger partial charge in [0.15, 0.2) is 0 Å². The van der Waals surface area contributed by atoms with Crippen molar-refractivity contribution in [2.24, 2.45) is 0 Å². The number of hydrogen-bond donors (Lipinski definition) is 0. The highest BCUT2D eigenvalue weighted by atomic mass is 32.1. The minimum Gasteiger partial charge on any atom is -0.334 e. The zero-order chi connectivity index (χ0) is 14.4. The maximum atomic E-state index is 12.2. The lowest BCUT2D eigenvalue weighted by molar-refractivity contribution is -0.126. The fraction of sp³-hybridized carbons (Fsp3) is 0.235. The van der Waals surface area contributed by atoms with Crippen LogP contribution in [0.25, 0.3) is 6.08 Å². The smallest absolute Gasteiger partial charge is 0.246 e. The first kappa shape index (κ1) is 14.5. The number of rotatable bonds is 5. The van der Waals surface area contributed by atoms with Crippen molar-refractivity contribution in [1.29, 1.82) is 0 Å². The van der Waals surface area contributed by atoms with Crippen LogP contribution in [0.1, 0.15) is 22.9 Å². The highest BCUT2D eigenvalue weighted by Gasteiger charge is 2.09. The van der Waals surface area contributed by atoms with Gasteiger partial charge in [-0.2, -0.15) is 0 Å². The molecule has 0 unspecified atom stereocenters. The van der Waals surface area contributed by atoms with Crippen molar-refractivity contribution >= 4 is 23.3 Å². The lowest BCUT2D eigenvalue weighted by Gasteiger charge is -2.18. The molecular formula is C17H19NOS.